The first kappa shape index (κ1) is 14.5. The topological polar surface area (TPSA) is 9.23 Å². The van der Waals surface area contributed by atoms with Crippen molar-refractivity contribution >= 4 is 31.9 Å². The van der Waals surface area contributed by atoms with Crippen molar-refractivity contribution in [3.63, 3.8) is 0 Å². The average Bonchev–Trinajstić information content (AvgIpc) is 2.41. The first-order valence-electron chi connectivity index (χ1n) is 5.82. The van der Waals surface area contributed by atoms with E-state index in [-0.39, 0.29) is 5.82 Å². The van der Waals surface area contributed by atoms with Gasteiger partial charge in [0.2, 0.25) is 0 Å². The molecule has 2 aromatic carbocycles. The SMILES string of the molecule is Cc1ccc(OCc2ccc(F)c(Br)c2)c(CBr)c1. The lowest BCUT2D eigenvalue weighted by Gasteiger charge is -2.11. The second-order valence-corrected chi connectivity index (χ2v) is 5.70. The Morgan fingerprint density at radius 2 is 1.95 bits per heavy atom. The van der Waals surface area contributed by atoms with Gasteiger partial charge in [0, 0.05) is 10.9 Å². The molecule has 0 bridgehead atoms. The summed E-state index contributed by atoms with van der Waals surface area (Å²) in [5, 5.41) is 0.747. The van der Waals surface area contributed by atoms with Crippen molar-refractivity contribution in [3.05, 3.63) is 63.4 Å². The molecule has 0 spiro atoms. The van der Waals surface area contributed by atoms with E-state index < -0.39 is 0 Å². The Morgan fingerprint density at radius 1 is 1.16 bits per heavy atom. The molecule has 0 heterocycles. The lowest BCUT2D eigenvalue weighted by Crippen LogP contribution is -1.98. The first-order chi connectivity index (χ1) is 9.10. The molecule has 0 unspecified atom stereocenters. The molecule has 1 nitrogen and oxygen atoms in total. The number of hydrogen-bond donors (Lipinski definition) is 0. The molecular weight excluding hydrogens is 375 g/mol. The number of benzene rings is 2. The standard InChI is InChI=1S/C15H13Br2FO/c1-10-2-5-15(12(6-10)8-16)19-9-11-3-4-14(18)13(17)7-11/h2-7H,8-9H2,1H3. The van der Waals surface area contributed by atoms with Crippen LogP contribution < -0.4 is 4.74 Å². The maximum atomic E-state index is 13.1. The highest BCUT2D eigenvalue weighted by Gasteiger charge is 2.05. The van der Waals surface area contributed by atoms with E-state index in [1.54, 1.807) is 12.1 Å². The van der Waals surface area contributed by atoms with Crippen LogP contribution in [0.4, 0.5) is 4.39 Å². The van der Waals surface area contributed by atoms with Crippen LogP contribution in [0.25, 0.3) is 0 Å². The Hall–Kier alpha value is -0.870. The van der Waals surface area contributed by atoms with Gasteiger partial charge in [-0.25, -0.2) is 4.39 Å². The Labute approximate surface area is 129 Å². The van der Waals surface area contributed by atoms with Crippen molar-refractivity contribution in [2.75, 3.05) is 0 Å². The van der Waals surface area contributed by atoms with E-state index >= 15 is 0 Å². The minimum atomic E-state index is -0.264. The predicted octanol–water partition coefficient (Wildman–Crippen LogP) is 5.37. The molecule has 0 radical (unpaired) electrons. The number of aryl methyl sites for hydroxylation is 1. The van der Waals surface area contributed by atoms with Gasteiger partial charge in [0.25, 0.3) is 0 Å². The van der Waals surface area contributed by atoms with Crippen molar-refractivity contribution in [1.82, 2.24) is 0 Å². The van der Waals surface area contributed by atoms with Crippen LogP contribution in [0.15, 0.2) is 40.9 Å². The van der Waals surface area contributed by atoms with Gasteiger partial charge in [-0.2, -0.15) is 0 Å². The van der Waals surface area contributed by atoms with E-state index in [4.69, 9.17) is 4.74 Å². The minimum Gasteiger partial charge on any atom is -0.489 e. The van der Waals surface area contributed by atoms with Gasteiger partial charge in [-0.05, 0) is 46.6 Å². The number of halogens is 3. The highest BCUT2D eigenvalue weighted by molar-refractivity contribution is 9.10. The number of alkyl halides is 1. The average molecular weight is 388 g/mol. The lowest BCUT2D eigenvalue weighted by atomic mass is 10.1. The third-order valence-electron chi connectivity index (χ3n) is 2.74. The maximum Gasteiger partial charge on any atom is 0.137 e. The Morgan fingerprint density at radius 3 is 2.63 bits per heavy atom. The molecule has 2 rings (SSSR count). The number of hydrogen-bond acceptors (Lipinski definition) is 1. The molecule has 0 amide bonds. The molecule has 2 aromatic rings. The molecule has 0 aliphatic carbocycles. The van der Waals surface area contributed by atoms with Crippen LogP contribution in [0.2, 0.25) is 0 Å². The van der Waals surface area contributed by atoms with Gasteiger partial charge in [-0.3, -0.25) is 0 Å². The zero-order valence-corrected chi connectivity index (χ0v) is 13.6. The second kappa shape index (κ2) is 6.53. The largest absolute Gasteiger partial charge is 0.489 e. The van der Waals surface area contributed by atoms with Gasteiger partial charge in [0.1, 0.15) is 18.2 Å². The fraction of sp³-hybridized carbons (Fsp3) is 0.200. The van der Waals surface area contributed by atoms with Crippen LogP contribution in [-0.2, 0) is 11.9 Å². The smallest absolute Gasteiger partial charge is 0.137 e. The highest BCUT2D eigenvalue weighted by Crippen LogP contribution is 2.24. The van der Waals surface area contributed by atoms with E-state index in [2.05, 4.69) is 37.9 Å². The van der Waals surface area contributed by atoms with Gasteiger partial charge in [-0.1, -0.05) is 39.7 Å². The number of rotatable bonds is 4. The van der Waals surface area contributed by atoms with Crippen LogP contribution >= 0.6 is 31.9 Å². The van der Waals surface area contributed by atoms with Crippen LogP contribution in [0, 0.1) is 12.7 Å². The van der Waals surface area contributed by atoms with E-state index in [1.165, 1.54) is 11.6 Å². The van der Waals surface area contributed by atoms with Crippen LogP contribution in [-0.4, -0.2) is 0 Å². The van der Waals surface area contributed by atoms with E-state index in [9.17, 15) is 4.39 Å². The molecule has 0 atom stereocenters. The molecule has 0 fully saturated rings. The Kier molecular flexibility index (Phi) is 4.99. The van der Waals surface area contributed by atoms with Crippen molar-refractivity contribution < 1.29 is 9.13 Å². The van der Waals surface area contributed by atoms with Crippen LogP contribution in [0.1, 0.15) is 16.7 Å². The Balaban J connectivity index is 2.12. The first-order valence-corrected chi connectivity index (χ1v) is 7.74. The van der Waals surface area contributed by atoms with Gasteiger partial charge in [0.15, 0.2) is 0 Å². The maximum absolute atomic E-state index is 13.1. The summed E-state index contributed by atoms with van der Waals surface area (Å²) in [5.41, 5.74) is 3.24. The van der Waals surface area contributed by atoms with E-state index in [0.29, 0.717) is 11.1 Å². The monoisotopic (exact) mass is 386 g/mol. The van der Waals surface area contributed by atoms with Gasteiger partial charge in [-0.15, -0.1) is 0 Å². The summed E-state index contributed by atoms with van der Waals surface area (Å²) >= 11 is 6.62. The quantitative estimate of drug-likeness (QED) is 0.640. The normalized spacial score (nSPS) is 10.5. The molecule has 0 aliphatic rings. The molecule has 0 N–H and O–H groups in total. The summed E-state index contributed by atoms with van der Waals surface area (Å²) in [4.78, 5) is 0. The fourth-order valence-electron chi connectivity index (χ4n) is 1.74. The summed E-state index contributed by atoms with van der Waals surface area (Å²) < 4.78 is 19.4. The molecule has 100 valence electrons. The molecule has 4 heteroatoms. The number of ether oxygens (including phenoxy) is 1. The van der Waals surface area contributed by atoms with Crippen molar-refractivity contribution in [1.29, 1.82) is 0 Å². The van der Waals surface area contributed by atoms with Crippen molar-refractivity contribution in [2.24, 2.45) is 0 Å². The zero-order valence-electron chi connectivity index (χ0n) is 10.4. The minimum absolute atomic E-state index is 0.264. The molecule has 0 saturated carbocycles. The van der Waals surface area contributed by atoms with E-state index in [1.807, 2.05) is 19.1 Å². The van der Waals surface area contributed by atoms with Crippen LogP contribution in [0.3, 0.4) is 0 Å². The second-order valence-electron chi connectivity index (χ2n) is 4.28. The van der Waals surface area contributed by atoms with Gasteiger partial charge in [0.05, 0.1) is 4.47 Å². The summed E-state index contributed by atoms with van der Waals surface area (Å²) in [5.74, 6) is 0.586. The molecule has 0 aromatic heterocycles. The van der Waals surface area contributed by atoms with Crippen molar-refractivity contribution in [3.8, 4) is 5.75 Å². The predicted molar refractivity (Wildman–Crippen MR) is 82.2 cm³/mol. The summed E-state index contributed by atoms with van der Waals surface area (Å²) in [7, 11) is 0. The summed E-state index contributed by atoms with van der Waals surface area (Å²) in [6.07, 6.45) is 0. The summed E-state index contributed by atoms with van der Waals surface area (Å²) in [6, 6.07) is 11.0. The van der Waals surface area contributed by atoms with Crippen molar-refractivity contribution in [2.45, 2.75) is 18.9 Å². The third-order valence-corrected chi connectivity index (χ3v) is 3.95. The van der Waals surface area contributed by atoms with Gasteiger partial charge < -0.3 is 4.74 Å². The van der Waals surface area contributed by atoms with E-state index in [0.717, 1.165) is 22.2 Å². The van der Waals surface area contributed by atoms with Gasteiger partial charge >= 0.3 is 0 Å². The zero-order chi connectivity index (χ0) is 13.8. The molecular formula is C15H13Br2FO. The Bertz CT molecular complexity index is 584. The third kappa shape index (κ3) is 3.80. The molecule has 19 heavy (non-hydrogen) atoms. The lowest BCUT2D eigenvalue weighted by molar-refractivity contribution is 0.303. The molecule has 0 saturated heterocycles. The summed E-state index contributed by atoms with van der Waals surface area (Å²) in [6.45, 7) is 2.47. The highest BCUT2D eigenvalue weighted by atomic mass is 79.9. The molecule has 0 aliphatic heterocycles. The van der Waals surface area contributed by atoms with Crippen LogP contribution in [0.5, 0.6) is 5.75 Å². The fourth-order valence-corrected chi connectivity index (χ4v) is 2.61.